The van der Waals surface area contributed by atoms with Crippen LogP contribution in [-0.2, 0) is 0 Å². The van der Waals surface area contributed by atoms with E-state index in [4.69, 9.17) is 4.74 Å². The summed E-state index contributed by atoms with van der Waals surface area (Å²) < 4.78 is 19.6. The summed E-state index contributed by atoms with van der Waals surface area (Å²) in [4.78, 5) is 12.2. The van der Waals surface area contributed by atoms with Gasteiger partial charge in [0.15, 0.2) is 11.6 Å². The SMILES string of the molecule is CCOc1ccc(NC(=O)c2cc(C)ccc2Br)cc1F. The van der Waals surface area contributed by atoms with Gasteiger partial charge < -0.3 is 10.1 Å². The molecule has 3 nitrogen and oxygen atoms in total. The standard InChI is InChI=1S/C16H15BrFNO2/c1-3-21-15-7-5-11(9-14(15)18)19-16(20)12-8-10(2)4-6-13(12)17/h4-9H,3H2,1-2H3,(H,19,20). The number of carbonyl (C=O) groups excluding carboxylic acids is 1. The summed E-state index contributed by atoms with van der Waals surface area (Å²) in [6.45, 7) is 4.07. The van der Waals surface area contributed by atoms with Crippen molar-refractivity contribution in [3.63, 3.8) is 0 Å². The molecule has 2 aromatic rings. The molecule has 2 rings (SSSR count). The van der Waals surface area contributed by atoms with Crippen molar-refractivity contribution in [2.24, 2.45) is 0 Å². The second-order valence-corrected chi connectivity index (χ2v) is 5.37. The van der Waals surface area contributed by atoms with E-state index in [0.29, 0.717) is 22.3 Å². The van der Waals surface area contributed by atoms with Gasteiger partial charge in [-0.3, -0.25) is 4.79 Å². The van der Waals surface area contributed by atoms with Gasteiger partial charge in [0.1, 0.15) is 0 Å². The van der Waals surface area contributed by atoms with Crippen LogP contribution in [0.5, 0.6) is 5.75 Å². The molecule has 0 spiro atoms. The molecule has 1 amide bonds. The molecule has 0 saturated heterocycles. The number of hydrogen-bond acceptors (Lipinski definition) is 2. The number of anilines is 1. The third kappa shape index (κ3) is 3.82. The highest BCUT2D eigenvalue weighted by Gasteiger charge is 2.12. The van der Waals surface area contributed by atoms with Gasteiger partial charge in [0, 0.05) is 16.2 Å². The van der Waals surface area contributed by atoms with E-state index in [9.17, 15) is 9.18 Å². The Morgan fingerprint density at radius 2 is 2.05 bits per heavy atom. The van der Waals surface area contributed by atoms with E-state index in [2.05, 4.69) is 21.2 Å². The monoisotopic (exact) mass is 351 g/mol. The molecule has 0 aliphatic rings. The number of rotatable bonds is 4. The third-order valence-electron chi connectivity index (χ3n) is 2.86. The van der Waals surface area contributed by atoms with Crippen molar-refractivity contribution in [1.82, 2.24) is 0 Å². The Kier molecular flexibility index (Phi) is 4.96. The van der Waals surface area contributed by atoms with Crippen LogP contribution in [0.3, 0.4) is 0 Å². The minimum Gasteiger partial charge on any atom is -0.491 e. The molecule has 0 unspecified atom stereocenters. The Labute approximate surface area is 131 Å². The average Bonchev–Trinajstić information content (AvgIpc) is 2.44. The molecule has 0 aromatic heterocycles. The molecule has 0 fully saturated rings. The van der Waals surface area contributed by atoms with E-state index in [1.807, 2.05) is 19.1 Å². The fourth-order valence-electron chi connectivity index (χ4n) is 1.86. The van der Waals surface area contributed by atoms with E-state index >= 15 is 0 Å². The Balaban J connectivity index is 2.19. The molecule has 21 heavy (non-hydrogen) atoms. The Hall–Kier alpha value is -1.88. The van der Waals surface area contributed by atoms with E-state index in [0.717, 1.165) is 5.56 Å². The molecule has 0 atom stereocenters. The van der Waals surface area contributed by atoms with Crippen molar-refractivity contribution in [2.45, 2.75) is 13.8 Å². The first-order valence-electron chi connectivity index (χ1n) is 6.51. The van der Waals surface area contributed by atoms with E-state index in [-0.39, 0.29) is 11.7 Å². The zero-order chi connectivity index (χ0) is 15.4. The van der Waals surface area contributed by atoms with E-state index < -0.39 is 5.82 Å². The summed E-state index contributed by atoms with van der Waals surface area (Å²) in [7, 11) is 0. The van der Waals surface area contributed by atoms with Crippen LogP contribution in [0, 0.1) is 12.7 Å². The number of ether oxygens (including phenoxy) is 1. The lowest BCUT2D eigenvalue weighted by Crippen LogP contribution is -2.13. The van der Waals surface area contributed by atoms with Gasteiger partial charge in [-0.1, -0.05) is 11.6 Å². The lowest BCUT2D eigenvalue weighted by molar-refractivity contribution is 0.102. The van der Waals surface area contributed by atoms with Gasteiger partial charge in [0.2, 0.25) is 0 Å². The van der Waals surface area contributed by atoms with Gasteiger partial charge in [0.25, 0.3) is 5.91 Å². The van der Waals surface area contributed by atoms with Crippen molar-refractivity contribution in [1.29, 1.82) is 0 Å². The van der Waals surface area contributed by atoms with Gasteiger partial charge in [-0.2, -0.15) is 0 Å². The predicted octanol–water partition coefficient (Wildman–Crippen LogP) is 4.55. The second kappa shape index (κ2) is 6.72. The quantitative estimate of drug-likeness (QED) is 0.877. The fraction of sp³-hybridized carbons (Fsp3) is 0.188. The number of hydrogen-bond donors (Lipinski definition) is 1. The maximum Gasteiger partial charge on any atom is 0.256 e. The zero-order valence-corrected chi connectivity index (χ0v) is 13.3. The van der Waals surface area contributed by atoms with Gasteiger partial charge in [-0.15, -0.1) is 0 Å². The van der Waals surface area contributed by atoms with Crippen LogP contribution in [0.2, 0.25) is 0 Å². The Morgan fingerprint density at radius 1 is 1.29 bits per heavy atom. The number of nitrogens with one attached hydrogen (secondary N) is 1. The van der Waals surface area contributed by atoms with Gasteiger partial charge >= 0.3 is 0 Å². The molecule has 0 saturated carbocycles. The van der Waals surface area contributed by atoms with Crippen LogP contribution >= 0.6 is 15.9 Å². The highest BCUT2D eigenvalue weighted by Crippen LogP contribution is 2.23. The Bertz CT molecular complexity index is 673. The number of aryl methyl sites for hydroxylation is 1. The smallest absolute Gasteiger partial charge is 0.256 e. The van der Waals surface area contributed by atoms with Crippen LogP contribution < -0.4 is 10.1 Å². The van der Waals surface area contributed by atoms with E-state index in [1.165, 1.54) is 12.1 Å². The molecular weight excluding hydrogens is 337 g/mol. The zero-order valence-electron chi connectivity index (χ0n) is 11.7. The molecule has 0 heterocycles. The molecule has 5 heteroatoms. The summed E-state index contributed by atoms with van der Waals surface area (Å²) in [6, 6.07) is 9.83. The Morgan fingerprint density at radius 3 is 2.71 bits per heavy atom. The van der Waals surface area contributed by atoms with Crippen molar-refractivity contribution < 1.29 is 13.9 Å². The minimum atomic E-state index is -0.502. The second-order valence-electron chi connectivity index (χ2n) is 4.52. The first-order valence-corrected chi connectivity index (χ1v) is 7.30. The van der Waals surface area contributed by atoms with E-state index in [1.54, 1.807) is 19.1 Å². The van der Waals surface area contributed by atoms with Crippen molar-refractivity contribution in [2.75, 3.05) is 11.9 Å². The maximum absolute atomic E-state index is 13.7. The van der Waals surface area contributed by atoms with Crippen molar-refractivity contribution >= 4 is 27.5 Å². The molecule has 1 N–H and O–H groups in total. The minimum absolute atomic E-state index is 0.173. The number of halogens is 2. The first-order chi connectivity index (χ1) is 10.0. The van der Waals surface area contributed by atoms with Crippen LogP contribution in [0.1, 0.15) is 22.8 Å². The topological polar surface area (TPSA) is 38.3 Å². The molecule has 0 radical (unpaired) electrons. The molecular formula is C16H15BrFNO2. The molecule has 0 aliphatic heterocycles. The lowest BCUT2D eigenvalue weighted by Gasteiger charge is -2.10. The van der Waals surface area contributed by atoms with Crippen LogP contribution in [0.25, 0.3) is 0 Å². The largest absolute Gasteiger partial charge is 0.491 e. The van der Waals surface area contributed by atoms with Gasteiger partial charge in [-0.05, 0) is 54.0 Å². The van der Waals surface area contributed by atoms with Crippen LogP contribution in [-0.4, -0.2) is 12.5 Å². The number of benzene rings is 2. The highest BCUT2D eigenvalue weighted by molar-refractivity contribution is 9.10. The number of carbonyl (C=O) groups is 1. The number of amides is 1. The van der Waals surface area contributed by atoms with Crippen molar-refractivity contribution in [3.05, 3.63) is 57.8 Å². The summed E-state index contributed by atoms with van der Waals surface area (Å²) in [5, 5.41) is 2.67. The van der Waals surface area contributed by atoms with Gasteiger partial charge in [-0.25, -0.2) is 4.39 Å². The summed E-state index contributed by atoms with van der Waals surface area (Å²) >= 11 is 3.34. The fourth-order valence-corrected chi connectivity index (χ4v) is 2.29. The molecule has 0 aliphatic carbocycles. The molecule has 0 bridgehead atoms. The first kappa shape index (κ1) is 15.5. The van der Waals surface area contributed by atoms with Crippen LogP contribution in [0.4, 0.5) is 10.1 Å². The third-order valence-corrected chi connectivity index (χ3v) is 3.55. The predicted molar refractivity (Wildman–Crippen MR) is 84.4 cm³/mol. The molecule has 2 aromatic carbocycles. The maximum atomic E-state index is 13.7. The van der Waals surface area contributed by atoms with Crippen molar-refractivity contribution in [3.8, 4) is 5.75 Å². The van der Waals surface area contributed by atoms with Crippen LogP contribution in [0.15, 0.2) is 40.9 Å². The molecule has 110 valence electrons. The van der Waals surface area contributed by atoms with Gasteiger partial charge in [0.05, 0.1) is 12.2 Å². The highest BCUT2D eigenvalue weighted by atomic mass is 79.9. The summed E-state index contributed by atoms with van der Waals surface area (Å²) in [6.07, 6.45) is 0. The normalized spacial score (nSPS) is 10.3. The summed E-state index contributed by atoms with van der Waals surface area (Å²) in [5.41, 5.74) is 1.86. The average molecular weight is 352 g/mol. The summed E-state index contributed by atoms with van der Waals surface area (Å²) in [5.74, 6) is -0.626. The lowest BCUT2D eigenvalue weighted by atomic mass is 10.1.